The lowest BCUT2D eigenvalue weighted by molar-refractivity contribution is -0.219. The van der Waals surface area contributed by atoms with E-state index in [-0.39, 0.29) is 35.3 Å². The summed E-state index contributed by atoms with van der Waals surface area (Å²) in [4.78, 5) is 11.9. The topological polar surface area (TPSA) is 44.8 Å². The van der Waals surface area contributed by atoms with E-state index in [1.165, 1.54) is 6.42 Å². The second kappa shape index (κ2) is 5.94. The number of fused-ring (bicyclic) bond motifs is 8. The average molecular weight is 365 g/mol. The molecule has 4 rings (SSSR count). The molecule has 3 aliphatic heterocycles. The zero-order valence-electron chi connectivity index (χ0n) is 17.3. The number of carbonyl (C=O) groups excluding carboxylic acids is 1. The minimum atomic E-state index is -0.417. The Labute approximate surface area is 158 Å². The highest BCUT2D eigenvalue weighted by atomic mass is 16.6. The first-order valence-corrected chi connectivity index (χ1v) is 10.6. The van der Waals surface area contributed by atoms with Gasteiger partial charge in [0.25, 0.3) is 0 Å². The standard InChI is InChI=1S/C22H36O4/c1-13(2)15-8-11-21(5,25-14(3)23)18-16-12-20(4)9-7-10-22(6,26-20)19(24-16)17(15)18/h13,15-19H,7-12H2,1-6H3/t15-,16-,17-,18-,19-,20+,21-,22-/m0/s1. The maximum atomic E-state index is 11.9. The molecule has 4 heteroatoms. The minimum absolute atomic E-state index is 0.112. The second-order valence-electron chi connectivity index (χ2n) is 10.5. The van der Waals surface area contributed by atoms with E-state index in [1.54, 1.807) is 6.92 Å². The monoisotopic (exact) mass is 364 g/mol. The third kappa shape index (κ3) is 2.74. The Morgan fingerprint density at radius 3 is 2.54 bits per heavy atom. The fourth-order valence-corrected chi connectivity index (χ4v) is 7.10. The van der Waals surface area contributed by atoms with Gasteiger partial charge < -0.3 is 14.2 Å². The summed E-state index contributed by atoms with van der Waals surface area (Å²) in [6, 6.07) is 0. The Morgan fingerprint density at radius 1 is 1.15 bits per heavy atom. The molecule has 26 heavy (non-hydrogen) atoms. The third-order valence-electron chi connectivity index (χ3n) is 7.99. The summed E-state index contributed by atoms with van der Waals surface area (Å²) in [5, 5.41) is 0. The molecule has 1 aliphatic carbocycles. The largest absolute Gasteiger partial charge is 0.459 e. The average Bonchev–Trinajstić information content (AvgIpc) is 2.83. The maximum absolute atomic E-state index is 11.9. The highest BCUT2D eigenvalue weighted by Crippen LogP contribution is 2.61. The quantitative estimate of drug-likeness (QED) is 0.677. The lowest BCUT2D eigenvalue weighted by Crippen LogP contribution is -2.60. The van der Waals surface area contributed by atoms with E-state index in [4.69, 9.17) is 14.2 Å². The van der Waals surface area contributed by atoms with E-state index in [0.717, 1.165) is 32.1 Å². The van der Waals surface area contributed by atoms with Crippen LogP contribution < -0.4 is 0 Å². The van der Waals surface area contributed by atoms with Crippen molar-refractivity contribution < 1.29 is 19.0 Å². The Bertz CT molecular complexity index is 589. The van der Waals surface area contributed by atoms with Crippen molar-refractivity contribution in [2.24, 2.45) is 23.7 Å². The van der Waals surface area contributed by atoms with Gasteiger partial charge in [-0.25, -0.2) is 0 Å². The van der Waals surface area contributed by atoms with Crippen LogP contribution in [0.1, 0.15) is 80.1 Å². The van der Waals surface area contributed by atoms with Crippen molar-refractivity contribution in [3.05, 3.63) is 0 Å². The van der Waals surface area contributed by atoms with E-state index < -0.39 is 5.60 Å². The Balaban J connectivity index is 1.78. The summed E-state index contributed by atoms with van der Waals surface area (Å²) in [5.41, 5.74) is -0.748. The van der Waals surface area contributed by atoms with Crippen LogP contribution >= 0.6 is 0 Å². The second-order valence-corrected chi connectivity index (χ2v) is 10.5. The minimum Gasteiger partial charge on any atom is -0.459 e. The van der Waals surface area contributed by atoms with Crippen LogP contribution in [-0.4, -0.2) is 35.0 Å². The lowest BCUT2D eigenvalue weighted by atomic mass is 9.56. The van der Waals surface area contributed by atoms with Crippen LogP contribution in [0.5, 0.6) is 0 Å². The van der Waals surface area contributed by atoms with Gasteiger partial charge in [0, 0.05) is 25.2 Å². The molecule has 0 radical (unpaired) electrons. The molecule has 4 nitrogen and oxygen atoms in total. The van der Waals surface area contributed by atoms with Gasteiger partial charge in [0.1, 0.15) is 5.60 Å². The van der Waals surface area contributed by atoms with Crippen LogP contribution in [0.15, 0.2) is 0 Å². The molecule has 1 saturated carbocycles. The molecule has 8 atom stereocenters. The van der Waals surface area contributed by atoms with E-state index in [0.29, 0.717) is 17.8 Å². The number of carbonyl (C=O) groups is 1. The van der Waals surface area contributed by atoms with E-state index >= 15 is 0 Å². The van der Waals surface area contributed by atoms with E-state index in [1.807, 2.05) is 0 Å². The van der Waals surface area contributed by atoms with Crippen LogP contribution in [0.3, 0.4) is 0 Å². The molecule has 3 saturated heterocycles. The van der Waals surface area contributed by atoms with Crippen LogP contribution in [0, 0.1) is 23.7 Å². The zero-order chi connectivity index (χ0) is 18.9. The van der Waals surface area contributed by atoms with Crippen molar-refractivity contribution >= 4 is 5.97 Å². The van der Waals surface area contributed by atoms with E-state index in [9.17, 15) is 4.79 Å². The van der Waals surface area contributed by atoms with Gasteiger partial charge >= 0.3 is 5.97 Å². The molecule has 0 aromatic carbocycles. The molecule has 0 N–H and O–H groups in total. The number of hydrogen-bond acceptors (Lipinski definition) is 4. The first kappa shape index (κ1) is 18.7. The Hall–Kier alpha value is -0.610. The summed E-state index contributed by atoms with van der Waals surface area (Å²) < 4.78 is 19.5. The van der Waals surface area contributed by atoms with Gasteiger partial charge in [0.05, 0.1) is 23.4 Å². The van der Waals surface area contributed by atoms with Gasteiger partial charge in [-0.3, -0.25) is 4.79 Å². The first-order valence-electron chi connectivity index (χ1n) is 10.6. The summed E-state index contributed by atoms with van der Waals surface area (Å²) >= 11 is 0. The fraction of sp³-hybridized carbons (Fsp3) is 0.955. The molecule has 0 spiro atoms. The lowest BCUT2D eigenvalue weighted by Gasteiger charge is -2.55. The van der Waals surface area contributed by atoms with Crippen LogP contribution in [0.25, 0.3) is 0 Å². The van der Waals surface area contributed by atoms with Crippen LogP contribution in [0.2, 0.25) is 0 Å². The Morgan fingerprint density at radius 2 is 1.88 bits per heavy atom. The number of esters is 1. The summed E-state index contributed by atoms with van der Waals surface area (Å²) in [7, 11) is 0. The van der Waals surface area contributed by atoms with Crippen molar-refractivity contribution in [3.63, 3.8) is 0 Å². The number of hydrogen-bond donors (Lipinski definition) is 0. The molecule has 0 amide bonds. The van der Waals surface area contributed by atoms with Gasteiger partial charge in [0.2, 0.25) is 0 Å². The van der Waals surface area contributed by atoms with Crippen LogP contribution in [0.4, 0.5) is 0 Å². The molecule has 4 fully saturated rings. The van der Waals surface area contributed by atoms with Gasteiger partial charge in [-0.1, -0.05) is 13.8 Å². The van der Waals surface area contributed by atoms with Gasteiger partial charge in [-0.2, -0.15) is 0 Å². The van der Waals surface area contributed by atoms with Gasteiger partial charge in [-0.05, 0) is 64.7 Å². The molecular formula is C22H36O4. The normalized spacial score (nSPS) is 53.1. The highest BCUT2D eigenvalue weighted by Gasteiger charge is 2.67. The van der Waals surface area contributed by atoms with E-state index in [2.05, 4.69) is 34.6 Å². The molecule has 4 aliphatic rings. The predicted molar refractivity (Wildman–Crippen MR) is 99.7 cm³/mol. The van der Waals surface area contributed by atoms with Crippen molar-refractivity contribution in [1.29, 1.82) is 0 Å². The maximum Gasteiger partial charge on any atom is 0.303 e. The zero-order valence-corrected chi connectivity index (χ0v) is 17.3. The Kier molecular flexibility index (Phi) is 4.28. The summed E-state index contributed by atoms with van der Waals surface area (Å²) in [5.74, 6) is 1.73. The van der Waals surface area contributed by atoms with Crippen molar-refractivity contribution in [1.82, 2.24) is 0 Å². The number of rotatable bonds is 2. The van der Waals surface area contributed by atoms with Crippen molar-refractivity contribution in [2.45, 2.75) is 109 Å². The number of ether oxygens (including phenoxy) is 3. The fourth-order valence-electron chi connectivity index (χ4n) is 7.10. The third-order valence-corrected chi connectivity index (χ3v) is 7.99. The van der Waals surface area contributed by atoms with Gasteiger partial charge in [-0.15, -0.1) is 0 Å². The molecule has 4 bridgehead atoms. The van der Waals surface area contributed by atoms with Crippen LogP contribution in [-0.2, 0) is 19.0 Å². The van der Waals surface area contributed by atoms with Crippen molar-refractivity contribution in [3.8, 4) is 0 Å². The summed E-state index contributed by atoms with van der Waals surface area (Å²) in [6.45, 7) is 12.9. The molecule has 0 unspecified atom stereocenters. The molecule has 148 valence electrons. The van der Waals surface area contributed by atoms with Gasteiger partial charge in [0.15, 0.2) is 0 Å². The first-order chi connectivity index (χ1) is 12.1. The molecular weight excluding hydrogens is 328 g/mol. The predicted octanol–water partition coefficient (Wildman–Crippen LogP) is 4.50. The SMILES string of the molecule is CC(=O)O[C@@]1(C)CC[C@@H](C(C)C)[C@H]2[C@@H]1[C@@H]1C[C@@]3(C)CCC[C@](C)(O3)[C@H]2O1. The summed E-state index contributed by atoms with van der Waals surface area (Å²) in [6.07, 6.45) is 6.58. The molecule has 0 aromatic rings. The molecule has 3 heterocycles. The molecule has 0 aromatic heterocycles. The smallest absolute Gasteiger partial charge is 0.303 e. The highest BCUT2D eigenvalue weighted by molar-refractivity contribution is 5.66. The van der Waals surface area contributed by atoms with Crippen molar-refractivity contribution in [2.75, 3.05) is 0 Å².